The van der Waals surface area contributed by atoms with Gasteiger partial charge in [0.15, 0.2) is 11.6 Å². The molecule has 0 bridgehead atoms. The summed E-state index contributed by atoms with van der Waals surface area (Å²) in [5.74, 6) is 1.69. The predicted octanol–water partition coefficient (Wildman–Crippen LogP) is 1.85. The lowest BCUT2D eigenvalue weighted by atomic mass is 9.92. The molecular weight excluding hydrogens is 272 g/mol. The molecule has 3 aromatic heterocycles. The van der Waals surface area contributed by atoms with Gasteiger partial charge in [-0.3, -0.25) is 0 Å². The summed E-state index contributed by atoms with van der Waals surface area (Å²) in [7, 11) is 0. The van der Waals surface area contributed by atoms with Gasteiger partial charge in [-0.15, -0.1) is 15.3 Å². The lowest BCUT2D eigenvalue weighted by Crippen LogP contribution is -2.20. The number of furan rings is 1. The van der Waals surface area contributed by atoms with Gasteiger partial charge in [0, 0.05) is 5.41 Å². The average Bonchev–Trinajstić information content (AvgIpc) is 3.09. The van der Waals surface area contributed by atoms with Gasteiger partial charge in [0.05, 0.1) is 12.0 Å². The smallest absolute Gasteiger partial charge is 0.283 e. The van der Waals surface area contributed by atoms with Crippen LogP contribution in [-0.4, -0.2) is 25.2 Å². The van der Waals surface area contributed by atoms with Gasteiger partial charge in [-0.05, 0) is 12.1 Å². The molecule has 0 saturated carbocycles. The van der Waals surface area contributed by atoms with Crippen molar-refractivity contribution in [3.63, 3.8) is 0 Å². The number of nitrogens with zero attached hydrogens (tertiary/aromatic N) is 5. The number of rotatable bonds is 3. The van der Waals surface area contributed by atoms with Gasteiger partial charge < -0.3 is 14.6 Å². The zero-order valence-electron chi connectivity index (χ0n) is 12.1. The van der Waals surface area contributed by atoms with E-state index in [1.807, 2.05) is 20.8 Å². The minimum Gasteiger partial charge on any atom is -0.459 e. The van der Waals surface area contributed by atoms with E-state index >= 15 is 0 Å². The van der Waals surface area contributed by atoms with E-state index in [1.54, 1.807) is 23.1 Å². The van der Waals surface area contributed by atoms with Crippen molar-refractivity contribution >= 4 is 5.82 Å². The molecule has 3 aromatic rings. The maximum atomic E-state index is 5.89. The fraction of sp³-hybridized carbons (Fsp3) is 0.385. The van der Waals surface area contributed by atoms with Crippen LogP contribution in [0, 0.1) is 0 Å². The minimum atomic E-state index is -0.183. The summed E-state index contributed by atoms with van der Waals surface area (Å²) in [6.45, 7) is 6.44. The molecule has 110 valence electrons. The third kappa shape index (κ3) is 2.51. The van der Waals surface area contributed by atoms with Crippen LogP contribution in [0.3, 0.4) is 0 Å². The highest BCUT2D eigenvalue weighted by Crippen LogP contribution is 2.26. The van der Waals surface area contributed by atoms with Gasteiger partial charge in [-0.2, -0.15) is 0 Å². The third-order valence-corrected chi connectivity index (χ3v) is 2.96. The molecule has 0 saturated heterocycles. The number of anilines is 1. The number of hydrogen-bond donors (Lipinski definition) is 1. The molecule has 0 fully saturated rings. The molecule has 21 heavy (non-hydrogen) atoms. The normalized spacial score (nSPS) is 12.0. The summed E-state index contributed by atoms with van der Waals surface area (Å²) in [6.07, 6.45) is 1.55. The molecule has 0 aliphatic heterocycles. The summed E-state index contributed by atoms with van der Waals surface area (Å²) < 4.78 is 12.5. The van der Waals surface area contributed by atoms with Crippen LogP contribution >= 0.6 is 0 Å². The van der Waals surface area contributed by atoms with Crippen LogP contribution in [0.4, 0.5) is 5.82 Å². The highest BCUT2D eigenvalue weighted by Gasteiger charge is 2.25. The Morgan fingerprint density at radius 3 is 2.71 bits per heavy atom. The Kier molecular flexibility index (Phi) is 3.00. The first-order valence-corrected chi connectivity index (χ1v) is 6.51. The van der Waals surface area contributed by atoms with Crippen LogP contribution in [0.1, 0.15) is 32.4 Å². The first kappa shape index (κ1) is 13.3. The van der Waals surface area contributed by atoms with Gasteiger partial charge >= 0.3 is 0 Å². The summed E-state index contributed by atoms with van der Waals surface area (Å²) in [5.41, 5.74) is 6.54. The molecule has 0 atom stereocenters. The van der Waals surface area contributed by atoms with E-state index in [0.29, 0.717) is 29.9 Å². The van der Waals surface area contributed by atoms with Gasteiger partial charge in [-0.25, -0.2) is 4.68 Å². The van der Waals surface area contributed by atoms with Crippen molar-refractivity contribution in [3.8, 4) is 11.7 Å². The van der Waals surface area contributed by atoms with Crippen molar-refractivity contribution in [2.45, 2.75) is 32.7 Å². The number of nitrogens with two attached hydrogens (primary N) is 1. The Hall–Kier alpha value is -2.64. The number of hydrogen-bond acceptors (Lipinski definition) is 7. The monoisotopic (exact) mass is 288 g/mol. The first-order valence-electron chi connectivity index (χ1n) is 6.51. The molecule has 0 unspecified atom stereocenters. The lowest BCUT2D eigenvalue weighted by molar-refractivity contribution is 0.432. The van der Waals surface area contributed by atoms with Crippen LogP contribution in [-0.2, 0) is 12.0 Å². The molecule has 3 rings (SSSR count). The second-order valence-corrected chi connectivity index (χ2v) is 5.71. The van der Waals surface area contributed by atoms with Crippen molar-refractivity contribution in [2.75, 3.05) is 5.73 Å². The van der Waals surface area contributed by atoms with E-state index in [9.17, 15) is 0 Å². The van der Waals surface area contributed by atoms with Crippen LogP contribution in [0.5, 0.6) is 0 Å². The van der Waals surface area contributed by atoms with Crippen LogP contribution in [0.2, 0.25) is 0 Å². The largest absolute Gasteiger partial charge is 0.459 e. The third-order valence-electron chi connectivity index (χ3n) is 2.96. The van der Waals surface area contributed by atoms with Crippen molar-refractivity contribution < 1.29 is 8.83 Å². The van der Waals surface area contributed by atoms with Crippen LogP contribution in [0.15, 0.2) is 27.2 Å². The molecule has 0 radical (unpaired) electrons. The second-order valence-electron chi connectivity index (χ2n) is 5.71. The van der Waals surface area contributed by atoms with Crippen molar-refractivity contribution in [2.24, 2.45) is 0 Å². The van der Waals surface area contributed by atoms with Crippen molar-refractivity contribution in [3.05, 3.63) is 30.0 Å². The Labute approximate surface area is 121 Å². The lowest BCUT2D eigenvalue weighted by Gasteiger charge is -2.19. The van der Waals surface area contributed by atoms with Crippen LogP contribution < -0.4 is 5.73 Å². The Morgan fingerprint density at radius 2 is 2.05 bits per heavy atom. The summed E-state index contributed by atoms with van der Waals surface area (Å²) in [6, 6.07) is 3.51. The molecular formula is C13H16N6O2. The minimum absolute atomic E-state index is 0.183. The zero-order chi connectivity index (χ0) is 15.0. The van der Waals surface area contributed by atoms with E-state index in [1.165, 1.54) is 0 Å². The van der Waals surface area contributed by atoms with Crippen molar-refractivity contribution in [1.82, 2.24) is 25.2 Å². The number of nitrogen functional groups attached to an aromatic ring is 1. The van der Waals surface area contributed by atoms with E-state index < -0.39 is 0 Å². The van der Waals surface area contributed by atoms with Crippen LogP contribution in [0.25, 0.3) is 11.7 Å². The second kappa shape index (κ2) is 4.72. The topological polar surface area (TPSA) is 109 Å². The molecule has 3 heterocycles. The van der Waals surface area contributed by atoms with E-state index in [0.717, 1.165) is 5.69 Å². The Balaban J connectivity index is 1.88. The molecule has 8 heteroatoms. The van der Waals surface area contributed by atoms with Gasteiger partial charge in [0.25, 0.3) is 5.89 Å². The quantitative estimate of drug-likeness (QED) is 0.783. The van der Waals surface area contributed by atoms with Crippen molar-refractivity contribution in [1.29, 1.82) is 0 Å². The maximum Gasteiger partial charge on any atom is 0.283 e. The maximum absolute atomic E-state index is 5.89. The molecule has 8 nitrogen and oxygen atoms in total. The SMILES string of the molecule is CC(C)(C)c1c(N)nnn1Cc1nnc(-c2ccco2)o1. The number of aromatic nitrogens is 5. The predicted molar refractivity (Wildman–Crippen MR) is 74.2 cm³/mol. The fourth-order valence-corrected chi connectivity index (χ4v) is 2.15. The zero-order valence-corrected chi connectivity index (χ0v) is 12.1. The molecule has 0 aliphatic rings. The van der Waals surface area contributed by atoms with Gasteiger partial charge in [0.1, 0.15) is 6.54 Å². The summed E-state index contributed by atoms with van der Waals surface area (Å²) in [5, 5.41) is 15.9. The Morgan fingerprint density at radius 1 is 1.24 bits per heavy atom. The summed E-state index contributed by atoms with van der Waals surface area (Å²) >= 11 is 0. The van der Waals surface area contributed by atoms with E-state index in [-0.39, 0.29) is 5.41 Å². The van der Waals surface area contributed by atoms with Gasteiger partial charge in [0.2, 0.25) is 5.89 Å². The van der Waals surface area contributed by atoms with E-state index in [4.69, 9.17) is 14.6 Å². The first-order chi connectivity index (χ1) is 9.95. The highest BCUT2D eigenvalue weighted by molar-refractivity contribution is 5.42. The molecule has 0 aromatic carbocycles. The van der Waals surface area contributed by atoms with Gasteiger partial charge in [-0.1, -0.05) is 26.0 Å². The summed E-state index contributed by atoms with van der Waals surface area (Å²) in [4.78, 5) is 0. The average molecular weight is 288 g/mol. The fourth-order valence-electron chi connectivity index (χ4n) is 2.15. The standard InChI is InChI=1S/C13H16N6O2/c1-13(2,3)10-11(14)16-18-19(10)7-9-15-17-12(21-9)8-5-4-6-20-8/h4-6H,7,14H2,1-3H3. The van der Waals surface area contributed by atoms with E-state index in [2.05, 4.69) is 20.5 Å². The molecule has 2 N–H and O–H groups in total. The Bertz CT molecular complexity index is 735. The molecule has 0 aliphatic carbocycles. The molecule has 0 spiro atoms. The molecule has 0 amide bonds. The highest BCUT2D eigenvalue weighted by atomic mass is 16.4.